The van der Waals surface area contributed by atoms with E-state index in [9.17, 15) is 8.42 Å². The average Bonchev–Trinajstić information content (AvgIpc) is 3.44. The molecule has 1 aliphatic heterocycles. The Morgan fingerprint density at radius 3 is 2.61 bits per heavy atom. The van der Waals surface area contributed by atoms with Crippen LogP contribution in [-0.4, -0.2) is 46.4 Å². The minimum absolute atomic E-state index is 0.0237. The van der Waals surface area contributed by atoms with E-state index in [1.165, 1.54) is 17.5 Å². The summed E-state index contributed by atoms with van der Waals surface area (Å²) in [6, 6.07) is 14.0. The Balaban J connectivity index is 1.52. The zero-order valence-electron chi connectivity index (χ0n) is 17.9. The van der Waals surface area contributed by atoms with Crippen LogP contribution in [0.4, 0.5) is 0 Å². The Labute approximate surface area is 195 Å². The number of methoxy groups -OCH3 is 1. The first-order valence-electron chi connectivity index (χ1n) is 10.2. The molecule has 4 aromatic rings. The molecule has 0 unspecified atom stereocenters. The highest BCUT2D eigenvalue weighted by molar-refractivity contribution is 7.89. The number of ether oxygens (including phenoxy) is 1. The highest BCUT2D eigenvalue weighted by atomic mass is 35.5. The minimum Gasteiger partial charge on any atom is -0.495 e. The quantitative estimate of drug-likeness (QED) is 0.426. The summed E-state index contributed by atoms with van der Waals surface area (Å²) in [5.41, 5.74) is 2.92. The maximum atomic E-state index is 13.5. The van der Waals surface area contributed by atoms with Gasteiger partial charge in [-0.05, 0) is 30.3 Å². The van der Waals surface area contributed by atoms with E-state index < -0.39 is 10.0 Å². The summed E-state index contributed by atoms with van der Waals surface area (Å²) in [5, 5.41) is 13.2. The van der Waals surface area contributed by atoms with Crippen LogP contribution >= 0.6 is 11.6 Å². The molecule has 0 aliphatic carbocycles. The van der Waals surface area contributed by atoms with Crippen LogP contribution in [0, 0.1) is 0 Å². The summed E-state index contributed by atoms with van der Waals surface area (Å²) in [6.07, 6.45) is 0.487. The number of benzene rings is 2. The molecule has 0 saturated carbocycles. The number of halogens is 1. The van der Waals surface area contributed by atoms with E-state index in [2.05, 4.69) is 15.3 Å². The van der Waals surface area contributed by atoms with Crippen molar-refractivity contribution in [2.75, 3.05) is 13.7 Å². The van der Waals surface area contributed by atoms with Gasteiger partial charge < -0.3 is 9.15 Å². The van der Waals surface area contributed by atoms with Crippen molar-refractivity contribution in [3.8, 4) is 28.8 Å². The summed E-state index contributed by atoms with van der Waals surface area (Å²) in [4.78, 5) is 0.0237. The number of rotatable bonds is 5. The Kier molecular flexibility index (Phi) is 5.43. The van der Waals surface area contributed by atoms with Gasteiger partial charge in [-0.2, -0.15) is 9.40 Å². The van der Waals surface area contributed by atoms with Crippen molar-refractivity contribution in [1.82, 2.24) is 24.3 Å². The fraction of sp³-hybridized carbons (Fsp3) is 0.227. The Hall–Kier alpha value is -3.21. The lowest BCUT2D eigenvalue weighted by molar-refractivity contribution is 0.374. The van der Waals surface area contributed by atoms with Gasteiger partial charge in [-0.3, -0.25) is 4.68 Å². The van der Waals surface area contributed by atoms with Gasteiger partial charge in [0.25, 0.3) is 5.89 Å². The molecular formula is C22H20ClN5O4S. The highest BCUT2D eigenvalue weighted by Crippen LogP contribution is 2.35. The van der Waals surface area contributed by atoms with Crippen molar-refractivity contribution < 1.29 is 17.6 Å². The van der Waals surface area contributed by atoms with Crippen molar-refractivity contribution in [2.45, 2.75) is 17.9 Å². The van der Waals surface area contributed by atoms with Gasteiger partial charge in [0.05, 0.1) is 7.11 Å². The van der Waals surface area contributed by atoms with Crippen molar-refractivity contribution in [1.29, 1.82) is 0 Å². The number of aryl methyl sites for hydroxylation is 1. The lowest BCUT2D eigenvalue weighted by Gasteiger charge is -2.27. The van der Waals surface area contributed by atoms with Crippen LogP contribution in [0.5, 0.6) is 5.75 Å². The standard InChI is InChI=1S/C22H20ClN5O4S/c1-27-17-10-11-28(33(29,30)19-12-15(23)8-9-18(19)31-2)13-16(17)20(26-27)22-25-24-21(32-22)14-6-4-3-5-7-14/h3-9,12H,10-11,13H2,1-2H3. The third-order valence-corrected chi connectivity index (χ3v) is 7.70. The molecule has 11 heteroatoms. The monoisotopic (exact) mass is 485 g/mol. The van der Waals surface area contributed by atoms with E-state index in [1.807, 2.05) is 37.4 Å². The molecule has 0 fully saturated rings. The van der Waals surface area contributed by atoms with Crippen molar-refractivity contribution >= 4 is 21.6 Å². The number of aromatic nitrogens is 4. The van der Waals surface area contributed by atoms with Crippen LogP contribution in [0.2, 0.25) is 5.02 Å². The predicted octanol–water partition coefficient (Wildman–Crippen LogP) is 3.55. The third kappa shape index (κ3) is 3.79. The second kappa shape index (κ2) is 8.29. The van der Waals surface area contributed by atoms with Gasteiger partial charge in [0.15, 0.2) is 5.69 Å². The summed E-state index contributed by atoms with van der Waals surface area (Å²) in [7, 11) is -0.631. The van der Waals surface area contributed by atoms with E-state index in [4.69, 9.17) is 20.8 Å². The lowest BCUT2D eigenvalue weighted by atomic mass is 10.1. The number of nitrogens with zero attached hydrogens (tertiary/aromatic N) is 5. The van der Waals surface area contributed by atoms with E-state index in [-0.39, 0.29) is 23.1 Å². The zero-order chi connectivity index (χ0) is 23.2. The topological polar surface area (TPSA) is 103 Å². The van der Waals surface area contributed by atoms with Gasteiger partial charge in [0.2, 0.25) is 15.9 Å². The van der Waals surface area contributed by atoms with Gasteiger partial charge in [-0.25, -0.2) is 8.42 Å². The van der Waals surface area contributed by atoms with Crippen LogP contribution in [-0.2, 0) is 30.0 Å². The van der Waals surface area contributed by atoms with E-state index >= 15 is 0 Å². The van der Waals surface area contributed by atoms with E-state index in [0.717, 1.165) is 16.8 Å². The number of hydrogen-bond acceptors (Lipinski definition) is 7. The molecule has 5 rings (SSSR count). The molecule has 170 valence electrons. The molecule has 2 aromatic carbocycles. The first kappa shape index (κ1) is 21.6. The summed E-state index contributed by atoms with van der Waals surface area (Å²) in [6.45, 7) is 0.405. The molecule has 2 aromatic heterocycles. The van der Waals surface area contributed by atoms with Crippen LogP contribution in [0.15, 0.2) is 57.8 Å². The average molecular weight is 486 g/mol. The molecule has 0 N–H and O–H groups in total. The van der Waals surface area contributed by atoms with Crippen LogP contribution in [0.1, 0.15) is 11.3 Å². The normalized spacial score (nSPS) is 14.3. The van der Waals surface area contributed by atoms with E-state index in [0.29, 0.717) is 29.6 Å². The van der Waals surface area contributed by atoms with Crippen LogP contribution in [0.25, 0.3) is 23.0 Å². The summed E-state index contributed by atoms with van der Waals surface area (Å²) < 4.78 is 41.3. The fourth-order valence-corrected chi connectivity index (χ4v) is 5.78. The molecule has 0 atom stereocenters. The third-order valence-electron chi connectivity index (χ3n) is 5.60. The van der Waals surface area contributed by atoms with Crippen LogP contribution in [0.3, 0.4) is 0 Å². The first-order chi connectivity index (χ1) is 15.9. The summed E-state index contributed by atoms with van der Waals surface area (Å²) >= 11 is 6.08. The molecule has 1 aliphatic rings. The second-order valence-corrected chi connectivity index (χ2v) is 9.90. The molecular weight excluding hydrogens is 466 g/mol. The molecule has 0 spiro atoms. The molecule has 0 saturated heterocycles. The van der Waals surface area contributed by atoms with E-state index in [1.54, 1.807) is 16.8 Å². The Morgan fingerprint density at radius 1 is 1.09 bits per heavy atom. The molecule has 33 heavy (non-hydrogen) atoms. The van der Waals surface area contributed by atoms with Gasteiger partial charge in [0.1, 0.15) is 10.6 Å². The molecule has 0 radical (unpaired) electrons. The molecule has 3 heterocycles. The van der Waals surface area contributed by atoms with Gasteiger partial charge in [-0.1, -0.05) is 29.8 Å². The Bertz CT molecular complexity index is 1430. The second-order valence-electron chi connectivity index (χ2n) is 7.56. The fourth-order valence-electron chi connectivity index (χ4n) is 3.95. The van der Waals surface area contributed by atoms with Crippen molar-refractivity contribution in [3.63, 3.8) is 0 Å². The smallest absolute Gasteiger partial charge is 0.268 e. The van der Waals surface area contributed by atoms with Gasteiger partial charge in [0, 0.05) is 48.4 Å². The number of fused-ring (bicyclic) bond motifs is 1. The maximum absolute atomic E-state index is 13.5. The largest absolute Gasteiger partial charge is 0.495 e. The lowest BCUT2D eigenvalue weighted by Crippen LogP contribution is -2.36. The molecule has 0 amide bonds. The van der Waals surface area contributed by atoms with Crippen LogP contribution < -0.4 is 4.74 Å². The summed E-state index contributed by atoms with van der Waals surface area (Å²) in [5.74, 6) is 0.847. The van der Waals surface area contributed by atoms with Crippen molar-refractivity contribution in [2.24, 2.45) is 7.05 Å². The SMILES string of the molecule is COc1ccc(Cl)cc1S(=O)(=O)N1CCc2c(c(-c3nnc(-c4ccccc4)o3)nn2C)C1. The van der Waals surface area contributed by atoms with Crippen molar-refractivity contribution in [3.05, 3.63) is 64.8 Å². The number of sulfonamides is 1. The predicted molar refractivity (Wildman–Crippen MR) is 121 cm³/mol. The van der Waals surface area contributed by atoms with Gasteiger partial charge in [-0.15, -0.1) is 10.2 Å². The highest BCUT2D eigenvalue weighted by Gasteiger charge is 2.35. The van der Waals surface area contributed by atoms with Gasteiger partial charge >= 0.3 is 0 Å². The first-order valence-corrected chi connectivity index (χ1v) is 12.0. The minimum atomic E-state index is -3.88. The molecule has 0 bridgehead atoms. The molecule has 9 nitrogen and oxygen atoms in total. The Morgan fingerprint density at radius 2 is 1.85 bits per heavy atom. The zero-order valence-corrected chi connectivity index (χ0v) is 19.5. The maximum Gasteiger partial charge on any atom is 0.268 e. The number of hydrogen-bond donors (Lipinski definition) is 0.